The van der Waals surface area contributed by atoms with Crippen LogP contribution in [0.4, 0.5) is 24.5 Å². The van der Waals surface area contributed by atoms with Crippen molar-refractivity contribution in [1.29, 1.82) is 0 Å². The molecule has 0 aliphatic rings. The van der Waals surface area contributed by atoms with Gasteiger partial charge in [-0.05, 0) is 12.1 Å². The van der Waals surface area contributed by atoms with E-state index < -0.39 is 29.4 Å². The topological polar surface area (TPSA) is 92.5 Å². The maximum Gasteiger partial charge on any atom is 0.416 e. The number of carbonyl (C=O) groups excluding carboxylic acids is 1. The molecule has 6 nitrogen and oxygen atoms in total. The highest BCUT2D eigenvalue weighted by Gasteiger charge is 2.38. The van der Waals surface area contributed by atoms with Crippen molar-refractivity contribution in [3.63, 3.8) is 0 Å². The van der Waals surface area contributed by atoms with Crippen LogP contribution in [0.5, 0.6) is 0 Å². The number of hydrogen-bond acceptors (Lipinski definition) is 5. The predicted molar refractivity (Wildman–Crippen MR) is 59.0 cm³/mol. The molecular formula is C10H9F3N2O4. The van der Waals surface area contributed by atoms with Crippen LogP contribution in [0, 0.1) is 10.1 Å². The number of nitro groups is 1. The third-order valence-electron chi connectivity index (χ3n) is 2.22. The third-order valence-corrected chi connectivity index (χ3v) is 2.22. The number of halogens is 3. The van der Waals surface area contributed by atoms with Gasteiger partial charge in [0, 0.05) is 18.2 Å². The summed E-state index contributed by atoms with van der Waals surface area (Å²) >= 11 is 0. The zero-order chi connectivity index (χ0) is 14.6. The number of rotatable bonds is 5. The molecule has 0 saturated heterocycles. The Bertz CT molecular complexity index is 490. The normalized spacial score (nSPS) is 12.8. The van der Waals surface area contributed by atoms with Gasteiger partial charge in [0.15, 0.2) is 6.10 Å². The van der Waals surface area contributed by atoms with E-state index in [1.165, 1.54) is 6.07 Å². The molecule has 1 aromatic rings. The van der Waals surface area contributed by atoms with E-state index in [1.807, 2.05) is 0 Å². The number of alkyl halides is 3. The van der Waals surface area contributed by atoms with Gasteiger partial charge >= 0.3 is 6.18 Å². The summed E-state index contributed by atoms with van der Waals surface area (Å²) in [6.07, 6.45) is -7.08. The van der Waals surface area contributed by atoms with E-state index in [9.17, 15) is 28.1 Å². The molecule has 0 aromatic heterocycles. The lowest BCUT2D eigenvalue weighted by Gasteiger charge is -2.15. The molecule has 1 aromatic carbocycles. The number of benzene rings is 1. The molecule has 2 N–H and O–H groups in total. The average Bonchev–Trinajstić information content (AvgIpc) is 2.34. The van der Waals surface area contributed by atoms with Crippen molar-refractivity contribution in [2.24, 2.45) is 0 Å². The van der Waals surface area contributed by atoms with Crippen LogP contribution in [-0.2, 0) is 0 Å². The fourth-order valence-corrected chi connectivity index (χ4v) is 1.24. The molecule has 0 saturated carbocycles. The quantitative estimate of drug-likeness (QED) is 0.486. The average molecular weight is 278 g/mol. The van der Waals surface area contributed by atoms with Gasteiger partial charge in [-0.3, -0.25) is 14.9 Å². The maximum absolute atomic E-state index is 12.1. The number of aliphatic hydroxyl groups excluding tert-OH is 1. The summed E-state index contributed by atoms with van der Waals surface area (Å²) in [6.45, 7) is -0.926. The first kappa shape index (κ1) is 14.9. The molecule has 0 fully saturated rings. The van der Waals surface area contributed by atoms with Crippen molar-refractivity contribution in [3.05, 3.63) is 33.9 Å². The zero-order valence-electron chi connectivity index (χ0n) is 9.35. The first-order chi connectivity index (χ1) is 8.75. The van der Waals surface area contributed by atoms with Crippen molar-refractivity contribution < 1.29 is 28.0 Å². The van der Waals surface area contributed by atoms with Gasteiger partial charge in [0.25, 0.3) is 5.69 Å². The summed E-state index contributed by atoms with van der Waals surface area (Å²) in [7, 11) is 0. The first-order valence-corrected chi connectivity index (χ1v) is 4.98. The van der Waals surface area contributed by atoms with Crippen molar-refractivity contribution in [3.8, 4) is 0 Å². The highest BCUT2D eigenvalue weighted by atomic mass is 19.4. The number of nitrogens with zero attached hydrogens (tertiary/aromatic N) is 1. The van der Waals surface area contributed by atoms with Gasteiger partial charge in [-0.1, -0.05) is 0 Å². The monoisotopic (exact) mass is 278 g/mol. The van der Waals surface area contributed by atoms with Crippen molar-refractivity contribution in [1.82, 2.24) is 0 Å². The standard InChI is InChI=1S/C10H9F3N2O4/c11-10(12,13)9(17)4-14-7-2-1-6(5-16)3-8(7)15(18)19/h1-3,5,9,14,17H,4H2. The van der Waals surface area contributed by atoms with E-state index in [0.29, 0.717) is 6.29 Å². The zero-order valence-corrected chi connectivity index (χ0v) is 9.35. The Balaban J connectivity index is 2.89. The molecule has 0 radical (unpaired) electrons. The van der Waals surface area contributed by atoms with Crippen LogP contribution in [0.2, 0.25) is 0 Å². The minimum Gasteiger partial charge on any atom is -0.382 e. The van der Waals surface area contributed by atoms with Gasteiger partial charge in [0.2, 0.25) is 0 Å². The number of anilines is 1. The van der Waals surface area contributed by atoms with Crippen molar-refractivity contribution >= 4 is 17.7 Å². The number of nitro benzene ring substituents is 1. The third kappa shape index (κ3) is 3.91. The summed E-state index contributed by atoms with van der Waals surface area (Å²) in [5.74, 6) is 0. The SMILES string of the molecule is O=Cc1ccc(NCC(O)C(F)(F)F)c([N+](=O)[O-])c1. The fourth-order valence-electron chi connectivity index (χ4n) is 1.24. The number of hydrogen-bond donors (Lipinski definition) is 2. The van der Waals surface area contributed by atoms with E-state index in [0.717, 1.165) is 12.1 Å². The van der Waals surface area contributed by atoms with E-state index >= 15 is 0 Å². The van der Waals surface area contributed by atoms with E-state index in [4.69, 9.17) is 5.11 Å². The van der Waals surface area contributed by atoms with Gasteiger partial charge in [0.05, 0.1) is 4.92 Å². The Morgan fingerprint density at radius 2 is 2.11 bits per heavy atom. The summed E-state index contributed by atoms with van der Waals surface area (Å²) < 4.78 is 36.2. The predicted octanol–water partition coefficient (Wildman–Crippen LogP) is 1.74. The second-order valence-corrected chi connectivity index (χ2v) is 3.59. The minimum absolute atomic E-state index is 0.0219. The molecule has 9 heteroatoms. The second kappa shape index (κ2) is 5.65. The fraction of sp³-hybridized carbons (Fsp3) is 0.300. The minimum atomic E-state index is -4.81. The highest BCUT2D eigenvalue weighted by Crippen LogP contribution is 2.26. The molecular weight excluding hydrogens is 269 g/mol. The summed E-state index contributed by atoms with van der Waals surface area (Å²) in [6, 6.07) is 3.24. The lowest BCUT2D eigenvalue weighted by atomic mass is 10.2. The van der Waals surface area contributed by atoms with Crippen LogP contribution < -0.4 is 5.32 Å². The van der Waals surface area contributed by atoms with Gasteiger partial charge in [-0.15, -0.1) is 0 Å². The number of aliphatic hydroxyl groups is 1. The molecule has 0 aliphatic carbocycles. The Morgan fingerprint density at radius 1 is 1.47 bits per heavy atom. The van der Waals surface area contributed by atoms with Gasteiger partial charge in [0.1, 0.15) is 12.0 Å². The Morgan fingerprint density at radius 3 is 2.58 bits per heavy atom. The lowest BCUT2D eigenvalue weighted by molar-refractivity contribution is -0.384. The van der Waals surface area contributed by atoms with E-state index in [1.54, 1.807) is 0 Å². The Labute approximate surface area is 105 Å². The molecule has 0 spiro atoms. The van der Waals surface area contributed by atoms with E-state index in [-0.39, 0.29) is 11.3 Å². The summed E-state index contributed by atoms with van der Waals surface area (Å²) in [4.78, 5) is 20.3. The molecule has 1 atom stereocenters. The van der Waals surface area contributed by atoms with Crippen LogP contribution in [0.25, 0.3) is 0 Å². The van der Waals surface area contributed by atoms with Crippen LogP contribution in [0.3, 0.4) is 0 Å². The van der Waals surface area contributed by atoms with Crippen molar-refractivity contribution in [2.45, 2.75) is 12.3 Å². The number of aldehydes is 1. The lowest BCUT2D eigenvalue weighted by Crippen LogP contribution is -2.35. The molecule has 0 bridgehead atoms. The van der Waals surface area contributed by atoms with E-state index in [2.05, 4.69) is 5.32 Å². The molecule has 19 heavy (non-hydrogen) atoms. The van der Waals surface area contributed by atoms with Gasteiger partial charge in [-0.2, -0.15) is 13.2 Å². The second-order valence-electron chi connectivity index (χ2n) is 3.59. The van der Waals surface area contributed by atoms with Gasteiger partial charge in [-0.25, -0.2) is 0 Å². The number of carbonyl (C=O) groups is 1. The summed E-state index contributed by atoms with van der Waals surface area (Å²) in [5.41, 5.74) is -0.730. The molecule has 1 unspecified atom stereocenters. The Hall–Kier alpha value is -2.16. The maximum atomic E-state index is 12.1. The highest BCUT2D eigenvalue weighted by molar-refractivity contribution is 5.79. The van der Waals surface area contributed by atoms with Gasteiger partial charge < -0.3 is 10.4 Å². The molecule has 0 amide bonds. The first-order valence-electron chi connectivity index (χ1n) is 4.98. The largest absolute Gasteiger partial charge is 0.416 e. The molecule has 0 heterocycles. The Kier molecular flexibility index (Phi) is 4.43. The molecule has 104 valence electrons. The van der Waals surface area contributed by atoms with Crippen LogP contribution >= 0.6 is 0 Å². The molecule has 0 aliphatic heterocycles. The smallest absolute Gasteiger partial charge is 0.382 e. The summed E-state index contributed by atoms with van der Waals surface area (Å²) in [5, 5.41) is 21.6. The molecule has 1 rings (SSSR count). The van der Waals surface area contributed by atoms with Crippen LogP contribution in [0.15, 0.2) is 18.2 Å². The number of nitrogens with one attached hydrogen (secondary N) is 1. The van der Waals surface area contributed by atoms with Crippen LogP contribution in [-0.4, -0.2) is 35.1 Å². The van der Waals surface area contributed by atoms with Crippen molar-refractivity contribution in [2.75, 3.05) is 11.9 Å². The van der Waals surface area contributed by atoms with Crippen LogP contribution in [0.1, 0.15) is 10.4 Å².